The summed E-state index contributed by atoms with van der Waals surface area (Å²) < 4.78 is 2.72. The van der Waals surface area contributed by atoms with Crippen LogP contribution in [0.15, 0.2) is 30.7 Å². The maximum Gasteiger partial charge on any atom is 0.333 e. The summed E-state index contributed by atoms with van der Waals surface area (Å²) in [6.45, 7) is 2.68. The SMILES string of the molecule is CCNC(=O)N(S)c1ccc2ncc(-c3cnn(CCC(N)=O)c3)nc2n1. The molecule has 27 heavy (non-hydrogen) atoms. The number of anilines is 1. The number of urea groups is 1. The molecule has 3 N–H and O–H groups in total. The molecule has 11 heteroatoms. The van der Waals surface area contributed by atoms with Gasteiger partial charge in [-0.05, 0) is 19.1 Å². The molecular formula is C16H18N8O2S. The Labute approximate surface area is 160 Å². The van der Waals surface area contributed by atoms with Crippen LogP contribution >= 0.6 is 12.8 Å². The smallest absolute Gasteiger partial charge is 0.333 e. The molecule has 0 aliphatic carbocycles. The molecule has 0 radical (unpaired) electrons. The number of nitrogens with two attached hydrogens (primary N) is 1. The minimum Gasteiger partial charge on any atom is -0.370 e. The summed E-state index contributed by atoms with van der Waals surface area (Å²) in [7, 11) is 0. The van der Waals surface area contributed by atoms with Gasteiger partial charge in [-0.2, -0.15) is 5.10 Å². The summed E-state index contributed by atoms with van der Waals surface area (Å²) in [5.41, 5.74) is 7.41. The first kappa shape index (κ1) is 18.6. The van der Waals surface area contributed by atoms with E-state index in [0.717, 1.165) is 9.87 Å². The molecule has 3 heterocycles. The van der Waals surface area contributed by atoms with E-state index < -0.39 is 5.91 Å². The van der Waals surface area contributed by atoms with Crippen LogP contribution in [-0.4, -0.2) is 43.2 Å². The first-order chi connectivity index (χ1) is 13.0. The lowest BCUT2D eigenvalue weighted by molar-refractivity contribution is -0.118. The van der Waals surface area contributed by atoms with Crippen molar-refractivity contribution in [3.63, 3.8) is 0 Å². The summed E-state index contributed by atoms with van der Waals surface area (Å²) in [5.74, 6) is -0.0573. The highest BCUT2D eigenvalue weighted by atomic mass is 32.1. The lowest BCUT2D eigenvalue weighted by atomic mass is 10.2. The van der Waals surface area contributed by atoms with Crippen molar-refractivity contribution in [2.24, 2.45) is 5.73 Å². The first-order valence-electron chi connectivity index (χ1n) is 8.19. The maximum absolute atomic E-state index is 11.9. The van der Waals surface area contributed by atoms with Crippen molar-refractivity contribution in [1.29, 1.82) is 0 Å². The van der Waals surface area contributed by atoms with Crippen molar-refractivity contribution in [1.82, 2.24) is 30.0 Å². The Balaban J connectivity index is 1.87. The van der Waals surface area contributed by atoms with Gasteiger partial charge in [0.2, 0.25) is 5.91 Å². The van der Waals surface area contributed by atoms with Crippen LogP contribution in [-0.2, 0) is 11.3 Å². The second-order valence-electron chi connectivity index (χ2n) is 5.62. The van der Waals surface area contributed by atoms with Gasteiger partial charge in [-0.25, -0.2) is 19.1 Å². The summed E-state index contributed by atoms with van der Waals surface area (Å²) in [4.78, 5) is 36.0. The zero-order valence-corrected chi connectivity index (χ0v) is 15.4. The number of nitrogens with one attached hydrogen (secondary N) is 1. The normalized spacial score (nSPS) is 10.7. The van der Waals surface area contributed by atoms with Gasteiger partial charge in [0, 0.05) is 31.3 Å². The van der Waals surface area contributed by atoms with Crippen molar-refractivity contribution in [2.75, 3.05) is 10.8 Å². The van der Waals surface area contributed by atoms with Crippen LogP contribution in [0.25, 0.3) is 22.4 Å². The number of nitrogens with zero attached hydrogens (tertiary/aromatic N) is 6. The number of hydrogen-bond acceptors (Lipinski definition) is 7. The predicted molar refractivity (Wildman–Crippen MR) is 103 cm³/mol. The molecule has 140 valence electrons. The van der Waals surface area contributed by atoms with E-state index in [1.165, 1.54) is 0 Å². The highest BCUT2D eigenvalue weighted by Crippen LogP contribution is 2.21. The van der Waals surface area contributed by atoms with E-state index in [2.05, 4.69) is 38.2 Å². The van der Waals surface area contributed by atoms with Crippen LogP contribution in [0.3, 0.4) is 0 Å². The molecule has 3 aromatic heterocycles. The molecule has 3 amide bonds. The molecule has 0 fully saturated rings. The molecule has 0 unspecified atom stereocenters. The Morgan fingerprint density at radius 2 is 2.11 bits per heavy atom. The van der Waals surface area contributed by atoms with E-state index in [1.54, 1.807) is 35.4 Å². The maximum atomic E-state index is 11.9. The summed E-state index contributed by atoms with van der Waals surface area (Å²) >= 11 is 4.17. The fourth-order valence-electron chi connectivity index (χ4n) is 2.32. The van der Waals surface area contributed by atoms with Gasteiger partial charge in [0.05, 0.1) is 18.1 Å². The molecule has 0 aliphatic heterocycles. The molecule has 3 aromatic rings. The average Bonchev–Trinajstić information content (AvgIpc) is 3.14. The Bertz CT molecular complexity index is 989. The minimum absolute atomic E-state index is 0.201. The standard InChI is InChI=1S/C16H18N8O2S/c1-2-18-16(26)24(27)14-4-3-11-15(22-14)21-12(8-19-11)10-7-20-23(9-10)6-5-13(17)25/h3-4,7-9,27H,2,5-6H2,1H3,(H2,17,25)(H,18,26). The van der Waals surface area contributed by atoms with Gasteiger partial charge in [-0.1, -0.05) is 12.8 Å². The van der Waals surface area contributed by atoms with Crippen molar-refractivity contribution >= 4 is 41.7 Å². The number of aromatic nitrogens is 5. The fraction of sp³-hybridized carbons (Fsp3) is 0.250. The number of aryl methyl sites for hydroxylation is 1. The van der Waals surface area contributed by atoms with E-state index in [-0.39, 0.29) is 12.5 Å². The summed E-state index contributed by atoms with van der Waals surface area (Å²) in [6, 6.07) is 2.97. The molecule has 10 nitrogen and oxygen atoms in total. The number of fused-ring (bicyclic) bond motifs is 1. The Hall–Kier alpha value is -3.21. The van der Waals surface area contributed by atoms with E-state index in [9.17, 15) is 9.59 Å². The molecule has 0 saturated heterocycles. The van der Waals surface area contributed by atoms with Gasteiger partial charge in [0.15, 0.2) is 5.65 Å². The minimum atomic E-state index is -0.391. The lowest BCUT2D eigenvalue weighted by Gasteiger charge is -2.14. The highest BCUT2D eigenvalue weighted by Gasteiger charge is 2.14. The van der Waals surface area contributed by atoms with Crippen LogP contribution in [0.5, 0.6) is 0 Å². The van der Waals surface area contributed by atoms with Crippen molar-refractivity contribution < 1.29 is 9.59 Å². The van der Waals surface area contributed by atoms with E-state index >= 15 is 0 Å². The molecular weight excluding hydrogens is 368 g/mol. The highest BCUT2D eigenvalue weighted by molar-refractivity contribution is 7.82. The number of carbonyl (C=O) groups is 2. The number of rotatable bonds is 6. The molecule has 0 atom stereocenters. The zero-order chi connectivity index (χ0) is 19.4. The average molecular weight is 386 g/mol. The van der Waals surface area contributed by atoms with Crippen LogP contribution in [0, 0.1) is 0 Å². The fourth-order valence-corrected chi connectivity index (χ4v) is 2.50. The largest absolute Gasteiger partial charge is 0.370 e. The molecule has 3 rings (SSSR count). The van der Waals surface area contributed by atoms with Gasteiger partial charge in [-0.3, -0.25) is 14.5 Å². The second-order valence-corrected chi connectivity index (χ2v) is 6.02. The van der Waals surface area contributed by atoms with Crippen molar-refractivity contribution in [3.8, 4) is 11.3 Å². The number of carbonyl (C=O) groups excluding carboxylic acids is 2. The summed E-state index contributed by atoms with van der Waals surface area (Å²) in [6.07, 6.45) is 5.19. The lowest BCUT2D eigenvalue weighted by Crippen LogP contribution is -2.34. The number of amides is 3. The number of pyridine rings is 1. The Kier molecular flexibility index (Phi) is 5.50. The quantitative estimate of drug-likeness (QED) is 0.544. The molecule has 0 spiro atoms. The van der Waals surface area contributed by atoms with Crippen molar-refractivity contribution in [3.05, 3.63) is 30.7 Å². The number of thiol groups is 1. The van der Waals surface area contributed by atoms with Crippen molar-refractivity contribution in [2.45, 2.75) is 19.9 Å². The van der Waals surface area contributed by atoms with Gasteiger partial charge in [-0.15, -0.1) is 0 Å². The third kappa shape index (κ3) is 4.31. The molecule has 0 bridgehead atoms. The van der Waals surface area contributed by atoms with E-state index in [4.69, 9.17) is 5.73 Å². The Morgan fingerprint density at radius 1 is 1.30 bits per heavy atom. The zero-order valence-electron chi connectivity index (χ0n) is 14.5. The van der Waals surface area contributed by atoms with Gasteiger partial charge in [0.25, 0.3) is 0 Å². The predicted octanol–water partition coefficient (Wildman–Crippen LogP) is 1.14. The summed E-state index contributed by atoms with van der Waals surface area (Å²) in [5, 5.41) is 6.82. The number of hydrogen-bond donors (Lipinski definition) is 3. The van der Waals surface area contributed by atoms with Crippen LogP contribution in [0.2, 0.25) is 0 Å². The van der Waals surface area contributed by atoms with Crippen LogP contribution in [0.1, 0.15) is 13.3 Å². The van der Waals surface area contributed by atoms with Crippen LogP contribution in [0.4, 0.5) is 10.6 Å². The molecule has 0 aromatic carbocycles. The monoisotopic (exact) mass is 386 g/mol. The van der Waals surface area contributed by atoms with Gasteiger partial charge in [0.1, 0.15) is 11.3 Å². The molecule has 0 saturated carbocycles. The van der Waals surface area contributed by atoms with E-state index in [1.807, 2.05) is 6.92 Å². The molecule has 0 aliphatic rings. The first-order valence-corrected chi connectivity index (χ1v) is 8.59. The van der Waals surface area contributed by atoms with Gasteiger partial charge < -0.3 is 11.1 Å². The van der Waals surface area contributed by atoms with Gasteiger partial charge >= 0.3 is 6.03 Å². The van der Waals surface area contributed by atoms with E-state index in [0.29, 0.717) is 35.8 Å². The third-order valence-corrected chi connectivity index (χ3v) is 4.03. The third-order valence-electron chi connectivity index (χ3n) is 3.65. The Morgan fingerprint density at radius 3 is 2.85 bits per heavy atom. The second kappa shape index (κ2) is 7.99. The topological polar surface area (TPSA) is 132 Å². The van der Waals surface area contributed by atoms with Crippen LogP contribution < -0.4 is 15.4 Å². The number of primary amides is 1.